The van der Waals surface area contributed by atoms with Crippen molar-refractivity contribution in [2.45, 2.75) is 25.7 Å². The minimum Gasteiger partial charge on any atom is -0.363 e. The van der Waals surface area contributed by atoms with Gasteiger partial charge >= 0.3 is 0 Å². The molecule has 0 saturated heterocycles. The molecule has 1 aliphatic carbocycles. The van der Waals surface area contributed by atoms with Crippen LogP contribution in [0.3, 0.4) is 0 Å². The Balaban J connectivity index is 1.62. The minimum atomic E-state index is 0.318. The molecule has 0 spiro atoms. The molecule has 0 saturated carbocycles. The molecular weight excluding hydrogens is 845 g/mol. The summed E-state index contributed by atoms with van der Waals surface area (Å²) in [5, 5.41) is 37.3. The number of allylic oxidation sites excluding steroid dienone is 4. The normalized spacial score (nSPS) is 11.0. The number of hydrogen-bond acceptors (Lipinski definition) is 8. The fourth-order valence-corrected chi connectivity index (χ4v) is 7.80. The van der Waals surface area contributed by atoms with Gasteiger partial charge in [-0.15, -0.1) is 0 Å². The van der Waals surface area contributed by atoms with E-state index in [9.17, 15) is 21.0 Å². The van der Waals surface area contributed by atoms with Gasteiger partial charge in [0, 0.05) is 102 Å². The van der Waals surface area contributed by atoms with Crippen LogP contribution in [0.25, 0.3) is 19.4 Å². The molecule has 4 aromatic rings. The second-order valence-corrected chi connectivity index (χ2v) is 15.4. The summed E-state index contributed by atoms with van der Waals surface area (Å²) in [6.45, 7) is 34.8. The molecular formula is C54H52N14+2. The van der Waals surface area contributed by atoms with Crippen LogP contribution >= 0.6 is 0 Å². The predicted molar refractivity (Wildman–Crippen MR) is 271 cm³/mol. The molecule has 0 atom stereocenters. The molecule has 0 aliphatic heterocycles. The monoisotopic (exact) mass is 896 g/mol. The zero-order chi connectivity index (χ0) is 48.4. The Bertz CT molecular complexity index is 2610. The van der Waals surface area contributed by atoms with E-state index in [1.54, 1.807) is 0 Å². The highest BCUT2D eigenvalue weighted by molar-refractivity contribution is 6.18. The van der Waals surface area contributed by atoms with Crippen molar-refractivity contribution >= 4 is 56.9 Å². The van der Waals surface area contributed by atoms with E-state index < -0.39 is 0 Å². The molecule has 0 amide bonds. The van der Waals surface area contributed by atoms with Crippen LogP contribution in [0, 0.1) is 71.6 Å². The highest BCUT2D eigenvalue weighted by atomic mass is 15.2. The quantitative estimate of drug-likeness (QED) is 0.0386. The Morgan fingerprint density at radius 2 is 0.706 bits per heavy atom. The summed E-state index contributed by atoms with van der Waals surface area (Å²) >= 11 is 0. The minimum absolute atomic E-state index is 0.318. The highest BCUT2D eigenvalue weighted by Gasteiger charge is 2.24. The van der Waals surface area contributed by atoms with Gasteiger partial charge in [-0.05, 0) is 72.8 Å². The van der Waals surface area contributed by atoms with Crippen LogP contribution in [0.2, 0.25) is 0 Å². The maximum Gasteiger partial charge on any atom is 0.272 e. The number of rotatable bonds is 24. The van der Waals surface area contributed by atoms with Gasteiger partial charge in [0.25, 0.3) is 6.54 Å². The van der Waals surface area contributed by atoms with Crippen molar-refractivity contribution in [2.24, 2.45) is 0 Å². The lowest BCUT2D eigenvalue weighted by molar-refractivity contribution is -0.521. The van der Waals surface area contributed by atoms with Crippen molar-refractivity contribution in [3.63, 3.8) is 0 Å². The van der Waals surface area contributed by atoms with Crippen molar-refractivity contribution in [2.75, 3.05) is 98.1 Å². The molecule has 0 heterocycles. The Hall–Kier alpha value is -9.18. The maximum atomic E-state index is 9.33. The summed E-state index contributed by atoms with van der Waals surface area (Å²) in [5.74, 6) is 0. The summed E-state index contributed by atoms with van der Waals surface area (Å²) < 4.78 is 4.21. The predicted octanol–water partition coefficient (Wildman–Crippen LogP) is 9.76. The van der Waals surface area contributed by atoms with Crippen LogP contribution in [-0.2, 0) is 0 Å². The third kappa shape index (κ3) is 13.9. The Morgan fingerprint density at radius 3 is 1.06 bits per heavy atom. The molecule has 14 heteroatoms. The fraction of sp³-hybridized carbons (Fsp3) is 0.296. The van der Waals surface area contributed by atoms with Gasteiger partial charge < -0.3 is 39.0 Å². The van der Waals surface area contributed by atoms with E-state index in [2.05, 4.69) is 96.7 Å². The standard InChI is InChI=1S/C54H52N14/c1-59-33-41-63(37-5-29-55)45-9-17-49(18-10-45)67(50-19-11-46(12-20-50)64(38-6-30-56)42-34-60-2)53-25-27-54(28-26-53)68(51-21-13-47(14-22-51)65(39-7-31-57)43-35-61-3)52-23-15-48(16-24-52)66(40-8-32-58)44-36-62-4/h9-28H,5-8,33-44H2/q+2. The summed E-state index contributed by atoms with van der Waals surface area (Å²) in [4.78, 5) is 22.5. The van der Waals surface area contributed by atoms with Crippen LogP contribution < -0.4 is 24.2 Å². The van der Waals surface area contributed by atoms with Gasteiger partial charge in [-0.25, -0.2) is 30.9 Å². The van der Waals surface area contributed by atoms with Gasteiger partial charge in [0.15, 0.2) is 6.54 Å². The van der Waals surface area contributed by atoms with Crippen LogP contribution in [0.15, 0.2) is 121 Å². The van der Waals surface area contributed by atoms with E-state index in [0.29, 0.717) is 104 Å². The first kappa shape index (κ1) is 49.8. The molecule has 336 valence electrons. The number of anilines is 6. The lowest BCUT2D eigenvalue weighted by Gasteiger charge is -2.28. The first-order valence-corrected chi connectivity index (χ1v) is 22.3. The van der Waals surface area contributed by atoms with Gasteiger partial charge in [0.2, 0.25) is 49.0 Å². The van der Waals surface area contributed by atoms with E-state index in [0.717, 1.165) is 56.9 Å². The summed E-state index contributed by atoms with van der Waals surface area (Å²) in [5.41, 5.74) is 8.96. The molecule has 0 fully saturated rings. The van der Waals surface area contributed by atoms with Crippen LogP contribution in [-0.4, -0.2) is 94.5 Å². The molecule has 1 aliphatic rings. The van der Waals surface area contributed by atoms with Crippen molar-refractivity contribution in [1.82, 2.24) is 4.58 Å². The van der Waals surface area contributed by atoms with E-state index in [-0.39, 0.29) is 0 Å². The van der Waals surface area contributed by atoms with Crippen molar-refractivity contribution in [1.29, 1.82) is 21.0 Å². The molecule has 0 unspecified atom stereocenters. The number of hydrogen-bond donors (Lipinski definition) is 0. The van der Waals surface area contributed by atoms with E-state index in [4.69, 9.17) is 26.3 Å². The largest absolute Gasteiger partial charge is 0.363 e. The summed E-state index contributed by atoms with van der Waals surface area (Å²) in [6.07, 6.45) is 9.46. The highest BCUT2D eigenvalue weighted by Crippen LogP contribution is 2.38. The van der Waals surface area contributed by atoms with E-state index in [1.165, 1.54) is 0 Å². The number of benzene rings is 4. The molecule has 4 aromatic carbocycles. The van der Waals surface area contributed by atoms with Crippen molar-refractivity contribution in [3.05, 3.63) is 167 Å². The molecule has 0 bridgehead atoms. The zero-order valence-electron chi connectivity index (χ0n) is 38.1. The number of nitrogens with zero attached hydrogens (tertiary/aromatic N) is 14. The lowest BCUT2D eigenvalue weighted by atomic mass is 10.1. The van der Waals surface area contributed by atoms with E-state index >= 15 is 0 Å². The average Bonchev–Trinajstić information content (AvgIpc) is 3.38. The zero-order valence-corrected chi connectivity index (χ0v) is 38.1. The second-order valence-electron chi connectivity index (χ2n) is 15.4. The first-order chi connectivity index (χ1) is 33.4. The van der Waals surface area contributed by atoms with Gasteiger partial charge in [-0.1, -0.05) is 0 Å². The Kier molecular flexibility index (Phi) is 19.9. The SMILES string of the molecule is [C-]#[N+]CCN(CCC#N)c1ccc(N(c2ccc(N(CCC#N)CC[N+]#[C-])cc2)c2ccc([N+](=C3C=CC(=[N+](CCC#N)CC[N+]#[C-])C=C3)c3ccc(N(CCC#N)CC[N+]#[C-])cc3)cc2)cc1. The van der Waals surface area contributed by atoms with Gasteiger partial charge in [0.05, 0.1) is 69.6 Å². The molecule has 14 nitrogen and oxygen atoms in total. The maximum absolute atomic E-state index is 9.33. The summed E-state index contributed by atoms with van der Waals surface area (Å²) in [7, 11) is 0. The third-order valence-corrected chi connectivity index (χ3v) is 11.2. The average molecular weight is 897 g/mol. The van der Waals surface area contributed by atoms with Crippen molar-refractivity contribution in [3.8, 4) is 24.3 Å². The summed E-state index contributed by atoms with van der Waals surface area (Å²) in [6, 6.07) is 41.5. The molecule has 0 aromatic heterocycles. The third-order valence-electron chi connectivity index (χ3n) is 11.2. The molecule has 0 N–H and O–H groups in total. The van der Waals surface area contributed by atoms with Crippen LogP contribution in [0.1, 0.15) is 25.7 Å². The van der Waals surface area contributed by atoms with E-state index in [1.807, 2.05) is 97.1 Å². The lowest BCUT2D eigenvalue weighted by Crippen LogP contribution is -2.27. The second kappa shape index (κ2) is 27.2. The fourth-order valence-electron chi connectivity index (χ4n) is 7.80. The van der Waals surface area contributed by atoms with Gasteiger partial charge in [-0.3, -0.25) is 0 Å². The Morgan fingerprint density at radius 1 is 0.382 bits per heavy atom. The molecule has 68 heavy (non-hydrogen) atoms. The van der Waals surface area contributed by atoms with Gasteiger partial charge in [0.1, 0.15) is 0 Å². The smallest absolute Gasteiger partial charge is 0.272 e. The van der Waals surface area contributed by atoms with Crippen LogP contribution in [0.4, 0.5) is 45.5 Å². The number of nitriles is 4. The Labute approximate surface area is 400 Å². The molecule has 0 radical (unpaired) electrons. The topological polar surface area (TPSA) is 132 Å². The first-order valence-electron chi connectivity index (χ1n) is 22.3. The molecule has 5 rings (SSSR count). The van der Waals surface area contributed by atoms with Gasteiger partial charge in [-0.2, -0.15) is 25.6 Å². The van der Waals surface area contributed by atoms with Crippen LogP contribution in [0.5, 0.6) is 0 Å². The van der Waals surface area contributed by atoms with Crippen molar-refractivity contribution < 1.29 is 4.58 Å².